The number of benzene rings is 1. The van der Waals surface area contributed by atoms with Gasteiger partial charge in [0.15, 0.2) is 11.0 Å². The van der Waals surface area contributed by atoms with Gasteiger partial charge < -0.3 is 15.2 Å². The number of urea groups is 1. The summed E-state index contributed by atoms with van der Waals surface area (Å²) < 4.78 is 6.97. The van der Waals surface area contributed by atoms with E-state index >= 15 is 0 Å². The molecule has 9 nitrogen and oxygen atoms in total. The number of ether oxygens (including phenoxy) is 1. The third-order valence-electron chi connectivity index (χ3n) is 4.76. The first-order chi connectivity index (χ1) is 15.9. The van der Waals surface area contributed by atoms with Crippen molar-refractivity contribution in [2.45, 2.75) is 33.5 Å². The maximum absolute atomic E-state index is 12.0. The van der Waals surface area contributed by atoms with Crippen LogP contribution in [0.25, 0.3) is 21.3 Å². The second-order valence-corrected chi connectivity index (χ2v) is 8.43. The number of pyridine rings is 1. The molecule has 0 fully saturated rings. The molecule has 33 heavy (non-hydrogen) atoms. The van der Waals surface area contributed by atoms with Crippen molar-refractivity contribution in [1.29, 1.82) is 0 Å². The monoisotopic (exact) mass is 464 g/mol. The van der Waals surface area contributed by atoms with Crippen LogP contribution in [0.15, 0.2) is 42.9 Å². The van der Waals surface area contributed by atoms with Crippen LogP contribution in [0.1, 0.15) is 37.0 Å². The van der Waals surface area contributed by atoms with Crippen LogP contribution < -0.4 is 15.4 Å². The predicted octanol–water partition coefficient (Wildman–Crippen LogP) is 4.23. The van der Waals surface area contributed by atoms with Crippen LogP contribution in [0.3, 0.4) is 0 Å². The number of thiazole rings is 1. The molecule has 0 aliphatic carbocycles. The Morgan fingerprint density at radius 3 is 2.61 bits per heavy atom. The lowest BCUT2D eigenvalue weighted by atomic mass is 10.1. The van der Waals surface area contributed by atoms with Crippen molar-refractivity contribution in [2.75, 3.05) is 11.9 Å². The normalized spacial score (nSPS) is 11.9. The Hall–Kier alpha value is -3.63. The maximum Gasteiger partial charge on any atom is 0.321 e. The first kappa shape index (κ1) is 22.6. The summed E-state index contributed by atoms with van der Waals surface area (Å²) >= 11 is 1.34. The van der Waals surface area contributed by atoms with Crippen molar-refractivity contribution in [3.05, 3.63) is 59.9 Å². The number of aliphatic hydroxyl groups excluding tert-OH is 1. The van der Waals surface area contributed by atoms with Crippen LogP contribution >= 0.6 is 11.3 Å². The molecular formula is C23H24N6O3S. The molecule has 0 aliphatic rings. The molecule has 0 saturated heterocycles. The number of amides is 2. The molecule has 10 heteroatoms. The van der Waals surface area contributed by atoms with Crippen LogP contribution in [-0.4, -0.2) is 37.6 Å². The molecule has 0 bridgehead atoms. The second-order valence-electron chi connectivity index (χ2n) is 7.43. The molecule has 4 rings (SSSR count). The van der Waals surface area contributed by atoms with Crippen LogP contribution in [0, 0.1) is 6.92 Å². The molecule has 3 N–H and O–H groups in total. The lowest BCUT2D eigenvalue weighted by molar-refractivity contribution is 0.189. The van der Waals surface area contributed by atoms with Crippen LogP contribution in [-0.2, 0) is 6.61 Å². The van der Waals surface area contributed by atoms with Crippen molar-refractivity contribution in [1.82, 2.24) is 25.3 Å². The number of anilines is 1. The van der Waals surface area contributed by atoms with Crippen molar-refractivity contribution in [2.24, 2.45) is 0 Å². The summed E-state index contributed by atoms with van der Waals surface area (Å²) in [4.78, 5) is 29.3. The summed E-state index contributed by atoms with van der Waals surface area (Å²) in [5.74, 6) is 0.981. The summed E-state index contributed by atoms with van der Waals surface area (Å²) in [6.45, 7) is 6.25. The molecule has 0 spiro atoms. The largest absolute Gasteiger partial charge is 0.487 e. The molecule has 3 aromatic heterocycles. The van der Waals surface area contributed by atoms with Gasteiger partial charge in [-0.05, 0) is 44.5 Å². The highest BCUT2D eigenvalue weighted by Gasteiger charge is 2.15. The van der Waals surface area contributed by atoms with E-state index in [0.29, 0.717) is 35.4 Å². The minimum atomic E-state index is -0.745. The van der Waals surface area contributed by atoms with Gasteiger partial charge in [-0.25, -0.2) is 19.7 Å². The fraction of sp³-hybridized carbons (Fsp3) is 0.261. The molecule has 0 saturated carbocycles. The van der Waals surface area contributed by atoms with Gasteiger partial charge in [0.05, 0.1) is 10.2 Å². The molecule has 3 heterocycles. The van der Waals surface area contributed by atoms with Gasteiger partial charge in [-0.3, -0.25) is 10.3 Å². The number of rotatable bonds is 7. The molecule has 0 radical (unpaired) electrons. The number of aryl methyl sites for hydroxylation is 1. The quantitative estimate of drug-likeness (QED) is 0.374. The molecule has 170 valence electrons. The molecular weight excluding hydrogens is 440 g/mol. The Morgan fingerprint density at radius 2 is 1.94 bits per heavy atom. The van der Waals surface area contributed by atoms with E-state index in [9.17, 15) is 9.90 Å². The number of hydrogen-bond donors (Lipinski definition) is 3. The minimum absolute atomic E-state index is 0.313. The first-order valence-electron chi connectivity index (χ1n) is 10.5. The summed E-state index contributed by atoms with van der Waals surface area (Å²) in [6.07, 6.45) is 4.35. The molecule has 1 aromatic carbocycles. The third-order valence-corrected chi connectivity index (χ3v) is 5.76. The lowest BCUT2D eigenvalue weighted by Gasteiger charge is -2.10. The minimum Gasteiger partial charge on any atom is -0.487 e. The smallest absolute Gasteiger partial charge is 0.321 e. The van der Waals surface area contributed by atoms with E-state index in [2.05, 4.69) is 30.6 Å². The molecule has 1 atom stereocenters. The van der Waals surface area contributed by atoms with Gasteiger partial charge in [-0.1, -0.05) is 17.4 Å². The number of carbonyl (C=O) groups excluding carboxylic acids is 1. The van der Waals surface area contributed by atoms with Gasteiger partial charge in [-0.2, -0.15) is 0 Å². The Morgan fingerprint density at radius 1 is 1.15 bits per heavy atom. The van der Waals surface area contributed by atoms with Gasteiger partial charge >= 0.3 is 6.03 Å². The number of nitrogens with zero attached hydrogens (tertiary/aromatic N) is 4. The highest BCUT2D eigenvalue weighted by Crippen LogP contribution is 2.38. The summed E-state index contributed by atoms with van der Waals surface area (Å²) in [6, 6.07) is 7.40. The highest BCUT2D eigenvalue weighted by molar-refractivity contribution is 7.22. The average Bonchev–Trinajstić information content (AvgIpc) is 3.21. The van der Waals surface area contributed by atoms with Gasteiger partial charge in [0.25, 0.3) is 0 Å². The van der Waals surface area contributed by atoms with Crippen molar-refractivity contribution < 1.29 is 14.6 Å². The van der Waals surface area contributed by atoms with E-state index in [1.165, 1.54) is 11.3 Å². The fourth-order valence-electron chi connectivity index (χ4n) is 3.08. The number of hydrogen-bond acceptors (Lipinski definition) is 8. The molecule has 0 aliphatic heterocycles. The summed E-state index contributed by atoms with van der Waals surface area (Å²) in [7, 11) is 0. The van der Waals surface area contributed by atoms with Crippen molar-refractivity contribution in [3.63, 3.8) is 0 Å². The Kier molecular flexibility index (Phi) is 6.76. The third kappa shape index (κ3) is 5.41. The van der Waals surface area contributed by atoms with Gasteiger partial charge in [0.1, 0.15) is 18.5 Å². The highest BCUT2D eigenvalue weighted by atomic mass is 32.1. The SMILES string of the molecule is CCNC(=O)Nc1nc2cc(-c3cnc(C(C)O)nc3)cc(OCc3ccc(C)nc3)c2s1. The van der Waals surface area contributed by atoms with Gasteiger partial charge in [0.2, 0.25) is 0 Å². The lowest BCUT2D eigenvalue weighted by Crippen LogP contribution is -2.28. The van der Waals surface area contributed by atoms with Gasteiger partial charge in [0, 0.05) is 42.0 Å². The van der Waals surface area contributed by atoms with Crippen LogP contribution in [0.2, 0.25) is 0 Å². The standard InChI is InChI=1S/C23H24N6O3S/c1-4-24-22(31)29-23-28-18-7-16(17-10-26-21(14(3)30)27-11-17)8-19(20(18)33-23)32-12-15-6-5-13(2)25-9-15/h5-11,14,30H,4,12H2,1-3H3,(H2,24,28,29,31). The maximum atomic E-state index is 12.0. The first-order valence-corrected chi connectivity index (χ1v) is 11.3. The van der Waals surface area contributed by atoms with E-state index in [-0.39, 0.29) is 6.03 Å². The van der Waals surface area contributed by atoms with E-state index in [4.69, 9.17) is 4.74 Å². The van der Waals surface area contributed by atoms with E-state index in [1.807, 2.05) is 38.1 Å². The van der Waals surface area contributed by atoms with Crippen molar-refractivity contribution in [3.8, 4) is 16.9 Å². The fourth-order valence-corrected chi connectivity index (χ4v) is 3.99. The summed E-state index contributed by atoms with van der Waals surface area (Å²) in [5, 5.41) is 15.6. The van der Waals surface area contributed by atoms with Crippen LogP contribution in [0.4, 0.5) is 9.93 Å². The second kappa shape index (κ2) is 9.88. The topological polar surface area (TPSA) is 122 Å². The van der Waals surface area contributed by atoms with Crippen LogP contribution in [0.5, 0.6) is 5.75 Å². The van der Waals surface area contributed by atoms with Crippen molar-refractivity contribution >= 4 is 32.7 Å². The van der Waals surface area contributed by atoms with E-state index in [1.54, 1.807) is 25.5 Å². The van der Waals surface area contributed by atoms with E-state index in [0.717, 1.165) is 27.1 Å². The molecule has 2 amide bonds. The Bertz CT molecular complexity index is 1260. The zero-order valence-corrected chi connectivity index (χ0v) is 19.3. The number of aromatic nitrogens is 4. The van der Waals surface area contributed by atoms with E-state index < -0.39 is 6.10 Å². The Labute approximate surface area is 194 Å². The van der Waals surface area contributed by atoms with Gasteiger partial charge in [-0.15, -0.1) is 0 Å². The average molecular weight is 465 g/mol. The number of fused-ring (bicyclic) bond motifs is 1. The Balaban J connectivity index is 1.70. The predicted molar refractivity (Wildman–Crippen MR) is 127 cm³/mol. The number of carbonyl (C=O) groups is 1. The molecule has 1 unspecified atom stereocenters. The number of aliphatic hydroxyl groups is 1. The molecule has 4 aromatic rings. The zero-order valence-electron chi connectivity index (χ0n) is 18.5. The number of nitrogens with one attached hydrogen (secondary N) is 2. The summed E-state index contributed by atoms with van der Waals surface area (Å²) in [5.41, 5.74) is 4.13. The zero-order chi connectivity index (χ0) is 23.4.